The molecule has 50 heavy (non-hydrogen) atoms. The van der Waals surface area contributed by atoms with Crippen molar-refractivity contribution in [3.8, 4) is 28.7 Å². The number of ether oxygens (including phenoxy) is 4. The first-order valence-corrected chi connectivity index (χ1v) is 15.9. The minimum Gasteiger partial charge on any atom is -0.457 e. The van der Waals surface area contributed by atoms with Crippen molar-refractivity contribution < 1.29 is 33.3 Å². The summed E-state index contributed by atoms with van der Waals surface area (Å²) in [5, 5.41) is 15.3. The third-order valence-electron chi connectivity index (χ3n) is 7.98. The second-order valence-corrected chi connectivity index (χ2v) is 12.6. The van der Waals surface area contributed by atoms with Crippen LogP contribution in [0, 0.1) is 11.3 Å². The van der Waals surface area contributed by atoms with E-state index < -0.39 is 36.4 Å². The largest absolute Gasteiger partial charge is 0.508 e. The van der Waals surface area contributed by atoms with Crippen LogP contribution in [0.3, 0.4) is 0 Å². The topological polar surface area (TPSA) is 178 Å². The molecular formula is C38H35N5O7. The molecule has 1 aliphatic rings. The molecule has 1 heterocycles. The van der Waals surface area contributed by atoms with E-state index in [4.69, 9.17) is 24.7 Å². The number of anilines is 2. The Morgan fingerprint density at radius 3 is 2.18 bits per heavy atom. The maximum absolute atomic E-state index is 13.4. The molecule has 4 aromatic carbocycles. The first-order chi connectivity index (χ1) is 24.0. The molecule has 0 fully saturated rings. The number of hydrogen-bond acceptors (Lipinski definition) is 9. The Morgan fingerprint density at radius 2 is 1.54 bits per heavy atom. The summed E-state index contributed by atoms with van der Waals surface area (Å²) in [6.07, 6.45) is -1.85. The fourth-order valence-corrected chi connectivity index (χ4v) is 5.74. The van der Waals surface area contributed by atoms with Gasteiger partial charge in [-0.15, -0.1) is 0 Å². The molecule has 1 aromatic heterocycles. The average molecular weight is 674 g/mol. The number of rotatable bonds is 9. The molecule has 1 atom stereocenters. The predicted octanol–water partition coefficient (Wildman–Crippen LogP) is 7.21. The van der Waals surface area contributed by atoms with Gasteiger partial charge in [0.05, 0.1) is 0 Å². The van der Waals surface area contributed by atoms with Crippen LogP contribution >= 0.6 is 0 Å². The van der Waals surface area contributed by atoms with Gasteiger partial charge in [-0.3, -0.25) is 4.79 Å². The van der Waals surface area contributed by atoms with E-state index in [9.17, 15) is 19.6 Å². The Bertz CT molecular complexity index is 2070. The lowest BCUT2D eigenvalue weighted by Gasteiger charge is -2.22. The van der Waals surface area contributed by atoms with Crippen molar-refractivity contribution >= 4 is 40.6 Å². The molecule has 5 N–H and O–H groups in total. The summed E-state index contributed by atoms with van der Waals surface area (Å²) < 4.78 is 22.0. The van der Waals surface area contributed by atoms with Gasteiger partial charge in [-0.25, -0.2) is 9.59 Å². The van der Waals surface area contributed by atoms with E-state index >= 15 is 0 Å². The number of benzene rings is 4. The highest BCUT2D eigenvalue weighted by Crippen LogP contribution is 2.44. The number of aromatic nitrogens is 1. The highest BCUT2D eigenvalue weighted by molar-refractivity contribution is 5.97. The van der Waals surface area contributed by atoms with Crippen LogP contribution in [0.25, 0.3) is 22.0 Å². The number of alkyl carbamates (subject to hydrolysis) is 1. The van der Waals surface area contributed by atoms with Crippen molar-refractivity contribution in [2.45, 2.75) is 38.3 Å². The second-order valence-electron chi connectivity index (χ2n) is 12.6. The lowest BCUT2D eigenvalue weighted by Crippen LogP contribution is -2.47. The summed E-state index contributed by atoms with van der Waals surface area (Å²) in [5.41, 5.74) is 10.7. The zero-order chi connectivity index (χ0) is 35.4. The number of carbonyl (C=O) groups excluding carboxylic acids is 3. The molecule has 5 aromatic rings. The van der Waals surface area contributed by atoms with Crippen molar-refractivity contribution in [1.29, 1.82) is 5.26 Å². The Labute approximate surface area is 288 Å². The van der Waals surface area contributed by atoms with Crippen molar-refractivity contribution in [2.75, 3.05) is 24.3 Å². The Hall–Kier alpha value is -6.48. The average Bonchev–Trinajstić information content (AvgIpc) is 3.58. The van der Waals surface area contributed by atoms with Crippen LogP contribution in [0.15, 0.2) is 91.0 Å². The third-order valence-corrected chi connectivity index (χ3v) is 7.98. The van der Waals surface area contributed by atoms with E-state index in [0.717, 1.165) is 22.3 Å². The summed E-state index contributed by atoms with van der Waals surface area (Å²) >= 11 is 0. The minimum atomic E-state index is -1.32. The molecule has 6 rings (SSSR count). The van der Waals surface area contributed by atoms with E-state index in [0.29, 0.717) is 33.7 Å². The lowest BCUT2D eigenvalue weighted by molar-refractivity contribution is -0.119. The number of nitrogens with one attached hydrogen (secondary N) is 3. The second kappa shape index (κ2) is 13.9. The molecule has 0 radical (unpaired) electrons. The van der Waals surface area contributed by atoms with E-state index in [-0.39, 0.29) is 18.3 Å². The van der Waals surface area contributed by atoms with Gasteiger partial charge in [0.25, 0.3) is 5.91 Å². The molecule has 0 saturated heterocycles. The number of hydrogen-bond donors (Lipinski definition) is 4. The fourth-order valence-electron chi connectivity index (χ4n) is 5.74. The van der Waals surface area contributed by atoms with Gasteiger partial charge in [0.1, 0.15) is 53.8 Å². The van der Waals surface area contributed by atoms with Crippen LogP contribution in [-0.4, -0.2) is 48.0 Å². The van der Waals surface area contributed by atoms with Gasteiger partial charge in [-0.2, -0.15) is 5.26 Å². The molecule has 1 aliphatic carbocycles. The molecule has 254 valence electrons. The smallest absolute Gasteiger partial charge is 0.457 e. The van der Waals surface area contributed by atoms with Gasteiger partial charge in [-0.05, 0) is 85.5 Å². The molecular weight excluding hydrogens is 638 g/mol. The Kier molecular flexibility index (Phi) is 9.32. The Balaban J connectivity index is 1.11. The summed E-state index contributed by atoms with van der Waals surface area (Å²) in [4.78, 5) is 41.8. The zero-order valence-electron chi connectivity index (χ0n) is 27.6. The van der Waals surface area contributed by atoms with Crippen LogP contribution in [0.5, 0.6) is 11.5 Å². The number of aromatic amines is 1. The van der Waals surface area contributed by atoms with Crippen molar-refractivity contribution in [2.24, 2.45) is 0 Å². The van der Waals surface area contributed by atoms with Crippen molar-refractivity contribution in [1.82, 2.24) is 10.3 Å². The van der Waals surface area contributed by atoms with Crippen LogP contribution < -0.4 is 21.1 Å². The number of nitrogens with zero attached hydrogens (tertiary/aromatic N) is 1. The van der Waals surface area contributed by atoms with Gasteiger partial charge in [0.2, 0.25) is 0 Å². The van der Waals surface area contributed by atoms with E-state index in [1.165, 1.54) is 0 Å². The van der Waals surface area contributed by atoms with Gasteiger partial charge < -0.3 is 40.3 Å². The Morgan fingerprint density at radius 1 is 0.900 bits per heavy atom. The summed E-state index contributed by atoms with van der Waals surface area (Å²) in [6, 6.07) is 28.4. The third kappa shape index (κ3) is 7.47. The first kappa shape index (κ1) is 33.4. The predicted molar refractivity (Wildman–Crippen MR) is 187 cm³/mol. The molecule has 0 aliphatic heterocycles. The number of nitrogen functional groups attached to an aromatic ring is 1. The van der Waals surface area contributed by atoms with Gasteiger partial charge in [-0.1, -0.05) is 48.5 Å². The maximum Gasteiger partial charge on any atom is 0.508 e. The standard InChI is InChI=1S/C38H35N5O7/c1-38(2,3)50-37(46)48-21-33(43-36(45)47-20-31-27-10-6-4-8-25(27)26-9-5-7-11-28(26)31)35(44)41-22-12-14-23(15-13-22)49-24-16-17-32-29(18-24)30(19-39)34(40)42-32/h4-18,31,33,42H,20-21,40H2,1-3H3,(H,41,44)(H,43,45)/t33-/m0/s1. The number of nitriles is 1. The molecule has 12 heteroatoms. The molecule has 2 amide bonds. The van der Waals surface area contributed by atoms with Crippen LogP contribution in [0.4, 0.5) is 21.1 Å². The maximum atomic E-state index is 13.4. The summed E-state index contributed by atoms with van der Waals surface area (Å²) in [5.74, 6) is 0.385. The van der Waals surface area contributed by atoms with E-state index in [2.05, 4.69) is 21.7 Å². The number of nitrogens with two attached hydrogens (primary N) is 1. The molecule has 0 saturated carbocycles. The van der Waals surface area contributed by atoms with Crippen molar-refractivity contribution in [3.63, 3.8) is 0 Å². The highest BCUT2D eigenvalue weighted by Gasteiger charge is 2.30. The summed E-state index contributed by atoms with van der Waals surface area (Å²) in [7, 11) is 0. The van der Waals surface area contributed by atoms with Crippen molar-refractivity contribution in [3.05, 3.63) is 108 Å². The van der Waals surface area contributed by atoms with Gasteiger partial charge in [0, 0.05) is 22.5 Å². The number of H-pyrrole nitrogens is 1. The van der Waals surface area contributed by atoms with E-state index in [1.54, 1.807) is 63.2 Å². The van der Waals surface area contributed by atoms with E-state index in [1.807, 2.05) is 48.5 Å². The monoisotopic (exact) mass is 673 g/mol. The van der Waals surface area contributed by atoms with Crippen LogP contribution in [0.2, 0.25) is 0 Å². The van der Waals surface area contributed by atoms with Crippen LogP contribution in [0.1, 0.15) is 43.4 Å². The molecule has 0 bridgehead atoms. The summed E-state index contributed by atoms with van der Waals surface area (Å²) in [6.45, 7) is 4.56. The van der Waals surface area contributed by atoms with Crippen LogP contribution in [-0.2, 0) is 19.0 Å². The molecule has 0 spiro atoms. The number of carbonyl (C=O) groups is 3. The van der Waals surface area contributed by atoms with Gasteiger partial charge >= 0.3 is 12.2 Å². The number of amides is 2. The highest BCUT2D eigenvalue weighted by atomic mass is 16.7. The molecule has 0 unspecified atom stereocenters. The molecule has 12 nitrogen and oxygen atoms in total. The minimum absolute atomic E-state index is 0.0326. The quantitative estimate of drug-likeness (QED) is 0.118. The number of fused-ring (bicyclic) bond motifs is 4. The first-order valence-electron chi connectivity index (χ1n) is 15.9. The lowest BCUT2D eigenvalue weighted by atomic mass is 9.98. The van der Waals surface area contributed by atoms with Gasteiger partial charge in [0.15, 0.2) is 0 Å². The SMILES string of the molecule is CC(C)(C)OC(=O)OC[C@H](NC(=O)OCC1c2ccccc2-c2ccccc21)C(=O)Nc1ccc(Oc2ccc3[nH]c(N)c(C#N)c3c2)cc1. The normalized spacial score (nSPS) is 12.6. The fraction of sp³-hybridized carbons (Fsp3) is 0.211. The zero-order valence-corrected chi connectivity index (χ0v) is 27.6.